The summed E-state index contributed by atoms with van der Waals surface area (Å²) in [7, 11) is 2.11. The zero-order valence-corrected chi connectivity index (χ0v) is 13.6. The number of benzene rings is 1. The molecule has 0 unspecified atom stereocenters. The van der Waals surface area contributed by atoms with Crippen LogP contribution in [0.5, 0.6) is 0 Å². The van der Waals surface area contributed by atoms with Gasteiger partial charge in [0.1, 0.15) is 12.4 Å². The minimum absolute atomic E-state index is 0.193. The van der Waals surface area contributed by atoms with Gasteiger partial charge >= 0.3 is 0 Å². The van der Waals surface area contributed by atoms with Crippen molar-refractivity contribution in [3.05, 3.63) is 30.1 Å². The van der Waals surface area contributed by atoms with Crippen LogP contribution in [-0.4, -0.2) is 58.0 Å². The number of likely N-dealkylation sites (N-methyl/N-ethyl adjacent to an activating group) is 1. The molecule has 0 spiro atoms. The summed E-state index contributed by atoms with van der Waals surface area (Å²) in [6, 6.07) is 8.31. The first-order valence-corrected chi connectivity index (χ1v) is 8.02. The highest BCUT2D eigenvalue weighted by atomic mass is 16.2. The van der Waals surface area contributed by atoms with Crippen LogP contribution in [0.25, 0.3) is 11.0 Å². The number of aryl methyl sites for hydroxylation is 1. The van der Waals surface area contributed by atoms with E-state index >= 15 is 0 Å². The zero-order valence-electron chi connectivity index (χ0n) is 13.6. The van der Waals surface area contributed by atoms with Gasteiger partial charge in [0.25, 0.3) is 0 Å². The highest BCUT2D eigenvalue weighted by molar-refractivity contribution is 5.81. The molecule has 1 saturated heterocycles. The highest BCUT2D eigenvalue weighted by Crippen LogP contribution is 2.18. The third kappa shape index (κ3) is 2.73. The van der Waals surface area contributed by atoms with Crippen molar-refractivity contribution >= 4 is 16.9 Å². The summed E-state index contributed by atoms with van der Waals surface area (Å²) in [5.41, 5.74) is 2.02. The molecule has 0 saturated carbocycles. The van der Waals surface area contributed by atoms with Crippen molar-refractivity contribution in [2.45, 2.75) is 32.9 Å². The smallest absolute Gasteiger partial charge is 0.242 e. The van der Waals surface area contributed by atoms with E-state index in [-0.39, 0.29) is 11.9 Å². The molecule has 0 radical (unpaired) electrons. The molecule has 1 atom stereocenters. The Morgan fingerprint density at radius 3 is 2.82 bits per heavy atom. The van der Waals surface area contributed by atoms with E-state index in [9.17, 15) is 4.79 Å². The summed E-state index contributed by atoms with van der Waals surface area (Å²) < 4.78 is 2.07. The molecule has 0 aliphatic carbocycles. The average molecular weight is 300 g/mol. The van der Waals surface area contributed by atoms with E-state index in [0.717, 1.165) is 42.9 Å². The molecule has 118 valence electrons. The van der Waals surface area contributed by atoms with Crippen molar-refractivity contribution in [1.29, 1.82) is 0 Å². The number of carbonyl (C=O) groups is 1. The van der Waals surface area contributed by atoms with Crippen LogP contribution in [0.4, 0.5) is 0 Å². The summed E-state index contributed by atoms with van der Waals surface area (Å²) in [5.74, 6) is 1.18. The molecular formula is C17H24N4O. The van der Waals surface area contributed by atoms with Gasteiger partial charge in [-0.1, -0.05) is 19.1 Å². The van der Waals surface area contributed by atoms with Crippen LogP contribution in [0, 0.1) is 0 Å². The maximum absolute atomic E-state index is 12.8. The minimum Gasteiger partial charge on any atom is -0.336 e. The van der Waals surface area contributed by atoms with Gasteiger partial charge in [-0.15, -0.1) is 0 Å². The molecule has 5 heteroatoms. The molecule has 5 nitrogen and oxygen atoms in total. The summed E-state index contributed by atoms with van der Waals surface area (Å²) in [5, 5.41) is 0. The van der Waals surface area contributed by atoms with Gasteiger partial charge in [-0.05, 0) is 26.1 Å². The number of rotatable bonds is 3. The van der Waals surface area contributed by atoms with Crippen LogP contribution < -0.4 is 0 Å². The fourth-order valence-corrected chi connectivity index (χ4v) is 3.31. The minimum atomic E-state index is 0.193. The molecule has 1 fully saturated rings. The molecule has 2 heterocycles. The molecule has 3 rings (SSSR count). The first-order chi connectivity index (χ1) is 10.6. The molecule has 1 amide bonds. The molecule has 1 aliphatic heterocycles. The number of carbonyl (C=O) groups excluding carboxylic acids is 1. The number of para-hydroxylation sites is 2. The molecule has 1 aromatic carbocycles. The van der Waals surface area contributed by atoms with Gasteiger partial charge in [-0.3, -0.25) is 4.79 Å². The molecule has 0 N–H and O–H groups in total. The van der Waals surface area contributed by atoms with E-state index in [2.05, 4.69) is 35.3 Å². The first kappa shape index (κ1) is 15.0. The Morgan fingerprint density at radius 1 is 1.32 bits per heavy atom. The Kier molecular flexibility index (Phi) is 4.16. The number of hydrogen-bond acceptors (Lipinski definition) is 3. The number of fused-ring (bicyclic) bond motifs is 1. The SMILES string of the molecule is CCc1nc2ccccc2n1CC(=O)N1CCN(C)C[C@H]1C. The van der Waals surface area contributed by atoms with E-state index in [4.69, 9.17) is 0 Å². The Bertz CT molecular complexity index is 678. The van der Waals surface area contributed by atoms with Gasteiger partial charge in [0, 0.05) is 32.1 Å². The van der Waals surface area contributed by atoms with E-state index in [1.165, 1.54) is 0 Å². The lowest BCUT2D eigenvalue weighted by atomic mass is 10.2. The second-order valence-electron chi connectivity index (χ2n) is 6.15. The Hall–Kier alpha value is -1.88. The lowest BCUT2D eigenvalue weighted by Gasteiger charge is -2.38. The van der Waals surface area contributed by atoms with Crippen molar-refractivity contribution in [1.82, 2.24) is 19.4 Å². The lowest BCUT2D eigenvalue weighted by molar-refractivity contribution is -0.136. The lowest BCUT2D eigenvalue weighted by Crippen LogP contribution is -2.53. The van der Waals surface area contributed by atoms with Crippen LogP contribution in [0.1, 0.15) is 19.7 Å². The second kappa shape index (κ2) is 6.08. The van der Waals surface area contributed by atoms with Gasteiger partial charge in [0.2, 0.25) is 5.91 Å². The van der Waals surface area contributed by atoms with Crippen molar-refractivity contribution < 1.29 is 4.79 Å². The maximum Gasteiger partial charge on any atom is 0.242 e. The first-order valence-electron chi connectivity index (χ1n) is 8.02. The van der Waals surface area contributed by atoms with Gasteiger partial charge in [0.05, 0.1) is 11.0 Å². The van der Waals surface area contributed by atoms with Crippen LogP contribution in [0.3, 0.4) is 0 Å². The van der Waals surface area contributed by atoms with Crippen molar-refractivity contribution in [2.24, 2.45) is 0 Å². The largest absolute Gasteiger partial charge is 0.336 e. The molecule has 2 aromatic rings. The summed E-state index contributed by atoms with van der Waals surface area (Å²) in [4.78, 5) is 21.7. The molecule has 0 bridgehead atoms. The summed E-state index contributed by atoms with van der Waals surface area (Å²) >= 11 is 0. The quantitative estimate of drug-likeness (QED) is 0.867. The van der Waals surface area contributed by atoms with Crippen molar-refractivity contribution in [3.8, 4) is 0 Å². The molecule has 1 aliphatic rings. The number of hydrogen-bond donors (Lipinski definition) is 0. The molecular weight excluding hydrogens is 276 g/mol. The summed E-state index contributed by atoms with van der Waals surface area (Å²) in [6.45, 7) is 7.29. The second-order valence-corrected chi connectivity index (χ2v) is 6.15. The Morgan fingerprint density at radius 2 is 2.09 bits per heavy atom. The van der Waals surface area contributed by atoms with Gasteiger partial charge in [0.15, 0.2) is 0 Å². The van der Waals surface area contributed by atoms with Crippen LogP contribution >= 0.6 is 0 Å². The van der Waals surface area contributed by atoms with Crippen molar-refractivity contribution in [3.63, 3.8) is 0 Å². The maximum atomic E-state index is 12.8. The standard InChI is InChI=1S/C17H24N4O/c1-4-16-18-14-7-5-6-8-15(14)21(16)12-17(22)20-10-9-19(3)11-13(20)2/h5-8,13H,4,9-12H2,1-3H3/t13-/m1/s1. The number of amides is 1. The number of imidazole rings is 1. The Balaban J connectivity index is 1.85. The monoisotopic (exact) mass is 300 g/mol. The van der Waals surface area contributed by atoms with Crippen LogP contribution in [0.2, 0.25) is 0 Å². The number of nitrogens with zero attached hydrogens (tertiary/aromatic N) is 4. The van der Waals surface area contributed by atoms with Gasteiger partial charge in [-0.2, -0.15) is 0 Å². The number of aromatic nitrogens is 2. The van der Waals surface area contributed by atoms with Crippen molar-refractivity contribution in [2.75, 3.05) is 26.7 Å². The van der Waals surface area contributed by atoms with Crippen LogP contribution in [0.15, 0.2) is 24.3 Å². The van der Waals surface area contributed by atoms with E-state index in [1.807, 2.05) is 29.2 Å². The average Bonchev–Trinajstić information content (AvgIpc) is 2.85. The molecule has 22 heavy (non-hydrogen) atoms. The van der Waals surface area contributed by atoms with E-state index in [1.54, 1.807) is 0 Å². The third-order valence-electron chi connectivity index (χ3n) is 4.49. The normalized spacial score (nSPS) is 19.8. The van der Waals surface area contributed by atoms with E-state index < -0.39 is 0 Å². The van der Waals surface area contributed by atoms with Gasteiger partial charge < -0.3 is 14.4 Å². The number of piperazine rings is 1. The zero-order chi connectivity index (χ0) is 15.7. The fourth-order valence-electron chi connectivity index (χ4n) is 3.31. The Labute approximate surface area is 131 Å². The summed E-state index contributed by atoms with van der Waals surface area (Å²) in [6.07, 6.45) is 0.834. The third-order valence-corrected chi connectivity index (χ3v) is 4.49. The fraction of sp³-hybridized carbons (Fsp3) is 0.529. The molecule has 1 aromatic heterocycles. The van der Waals surface area contributed by atoms with Crippen LogP contribution in [-0.2, 0) is 17.8 Å². The van der Waals surface area contributed by atoms with E-state index in [0.29, 0.717) is 6.54 Å². The predicted octanol–water partition coefficient (Wildman–Crippen LogP) is 1.76. The van der Waals surface area contributed by atoms with Gasteiger partial charge in [-0.25, -0.2) is 4.98 Å². The predicted molar refractivity (Wildman–Crippen MR) is 87.8 cm³/mol. The highest BCUT2D eigenvalue weighted by Gasteiger charge is 2.26. The topological polar surface area (TPSA) is 41.4 Å².